The van der Waals surface area contributed by atoms with E-state index in [1.54, 1.807) is 27.6 Å². The number of aliphatic hydroxyl groups excluding tert-OH is 1. The Morgan fingerprint density at radius 1 is 1.22 bits per heavy atom. The van der Waals surface area contributed by atoms with Crippen molar-refractivity contribution in [2.45, 2.75) is 32.3 Å². The van der Waals surface area contributed by atoms with Gasteiger partial charge in [-0.2, -0.15) is 5.10 Å². The largest absolute Gasteiger partial charge is 0.391 e. The van der Waals surface area contributed by atoms with Crippen molar-refractivity contribution in [1.82, 2.24) is 19.5 Å². The van der Waals surface area contributed by atoms with E-state index < -0.39 is 6.10 Å². The molecule has 1 saturated heterocycles. The Labute approximate surface area is 156 Å². The van der Waals surface area contributed by atoms with E-state index in [4.69, 9.17) is 0 Å². The molecule has 6 nitrogen and oxygen atoms in total. The van der Waals surface area contributed by atoms with Crippen LogP contribution >= 0.6 is 0 Å². The number of piperidine rings is 1. The van der Waals surface area contributed by atoms with Gasteiger partial charge in [-0.15, -0.1) is 0 Å². The zero-order chi connectivity index (χ0) is 19.1. The lowest BCUT2D eigenvalue weighted by Crippen LogP contribution is -2.45. The summed E-state index contributed by atoms with van der Waals surface area (Å²) in [5, 5.41) is 14.9. The van der Waals surface area contributed by atoms with Crippen molar-refractivity contribution in [3.63, 3.8) is 0 Å². The number of benzene rings is 1. The fourth-order valence-electron chi connectivity index (χ4n) is 3.77. The molecule has 0 saturated carbocycles. The molecule has 0 spiro atoms. The van der Waals surface area contributed by atoms with E-state index in [1.807, 2.05) is 19.9 Å². The van der Waals surface area contributed by atoms with E-state index in [9.17, 15) is 14.3 Å². The first-order chi connectivity index (χ1) is 12.9. The molecular weight excluding hydrogens is 347 g/mol. The van der Waals surface area contributed by atoms with Gasteiger partial charge in [0.05, 0.1) is 6.10 Å². The normalized spacial score (nSPS) is 20.2. The number of hydrogen-bond acceptors (Lipinski definition) is 4. The van der Waals surface area contributed by atoms with Crippen LogP contribution in [0.25, 0.3) is 5.65 Å². The number of β-amino-alcohol motifs (C(OH)–C–C–N with tert-alkyl or cyclic N) is 1. The fourth-order valence-corrected chi connectivity index (χ4v) is 3.77. The first kappa shape index (κ1) is 17.6. The molecule has 7 heteroatoms. The highest BCUT2D eigenvalue weighted by atomic mass is 19.1. The molecule has 1 aromatic carbocycles. The van der Waals surface area contributed by atoms with E-state index >= 15 is 0 Å². The molecule has 2 aromatic heterocycles. The topological polar surface area (TPSA) is 70.7 Å². The third-order valence-electron chi connectivity index (χ3n) is 5.12. The predicted octanol–water partition coefficient (Wildman–Crippen LogP) is 2.48. The molecule has 3 aromatic rings. The van der Waals surface area contributed by atoms with Gasteiger partial charge in [0.1, 0.15) is 5.82 Å². The van der Waals surface area contributed by atoms with E-state index in [0.29, 0.717) is 24.3 Å². The van der Waals surface area contributed by atoms with Crippen LogP contribution in [-0.4, -0.2) is 49.7 Å². The summed E-state index contributed by atoms with van der Waals surface area (Å²) in [5.74, 6) is -0.622. The molecule has 2 unspecified atom stereocenters. The maximum atomic E-state index is 13.1. The number of amides is 1. The van der Waals surface area contributed by atoms with Crippen LogP contribution in [0.2, 0.25) is 0 Å². The van der Waals surface area contributed by atoms with Gasteiger partial charge >= 0.3 is 0 Å². The Hall–Kier alpha value is -2.80. The van der Waals surface area contributed by atoms with Crippen molar-refractivity contribution in [1.29, 1.82) is 0 Å². The fraction of sp³-hybridized carbons (Fsp3) is 0.350. The van der Waals surface area contributed by atoms with Gasteiger partial charge in [-0.1, -0.05) is 12.1 Å². The maximum Gasteiger partial charge on any atom is 0.274 e. The SMILES string of the molecule is Cc1cc(C)n2nc(C(=O)N3CCC(c4ccc(F)cc4)C(O)C3)cc2n1. The highest BCUT2D eigenvalue weighted by Crippen LogP contribution is 2.29. The molecule has 1 aliphatic rings. The molecule has 1 amide bonds. The van der Waals surface area contributed by atoms with E-state index in [1.165, 1.54) is 12.1 Å². The number of rotatable bonds is 2. The van der Waals surface area contributed by atoms with E-state index in [2.05, 4.69) is 10.1 Å². The van der Waals surface area contributed by atoms with E-state index in [0.717, 1.165) is 17.0 Å². The monoisotopic (exact) mass is 368 g/mol. The van der Waals surface area contributed by atoms with Crippen molar-refractivity contribution < 1.29 is 14.3 Å². The lowest BCUT2D eigenvalue weighted by molar-refractivity contribution is 0.0377. The van der Waals surface area contributed by atoms with Crippen molar-refractivity contribution in [3.05, 3.63) is 64.9 Å². The molecule has 1 N–H and O–H groups in total. The van der Waals surface area contributed by atoms with Crippen LogP contribution in [0.4, 0.5) is 4.39 Å². The molecule has 1 aliphatic heterocycles. The van der Waals surface area contributed by atoms with Crippen LogP contribution in [0, 0.1) is 19.7 Å². The second kappa shape index (κ2) is 6.74. The molecule has 2 atom stereocenters. The van der Waals surface area contributed by atoms with Gasteiger partial charge in [0.15, 0.2) is 11.3 Å². The Kier molecular flexibility index (Phi) is 4.39. The number of halogens is 1. The molecular formula is C20H21FN4O2. The first-order valence-electron chi connectivity index (χ1n) is 8.99. The Morgan fingerprint density at radius 3 is 2.67 bits per heavy atom. The minimum absolute atomic E-state index is 0.109. The molecule has 0 radical (unpaired) electrons. The summed E-state index contributed by atoms with van der Waals surface area (Å²) < 4.78 is 14.8. The number of carbonyl (C=O) groups is 1. The maximum absolute atomic E-state index is 13.1. The van der Waals surface area contributed by atoms with Crippen molar-refractivity contribution in [2.24, 2.45) is 0 Å². The summed E-state index contributed by atoms with van der Waals surface area (Å²) in [4.78, 5) is 18.9. The molecule has 140 valence electrons. The van der Waals surface area contributed by atoms with Gasteiger partial charge < -0.3 is 10.0 Å². The average Bonchev–Trinajstić information content (AvgIpc) is 3.06. The zero-order valence-corrected chi connectivity index (χ0v) is 15.3. The summed E-state index contributed by atoms with van der Waals surface area (Å²) >= 11 is 0. The third kappa shape index (κ3) is 3.30. The minimum atomic E-state index is -0.702. The number of aryl methyl sites for hydroxylation is 2. The summed E-state index contributed by atoms with van der Waals surface area (Å²) in [7, 11) is 0. The van der Waals surface area contributed by atoms with E-state index in [-0.39, 0.29) is 24.2 Å². The number of likely N-dealkylation sites (tertiary alicyclic amines) is 1. The molecule has 27 heavy (non-hydrogen) atoms. The summed E-state index contributed by atoms with van der Waals surface area (Å²) in [5.41, 5.74) is 3.63. The highest BCUT2D eigenvalue weighted by molar-refractivity contribution is 5.93. The van der Waals surface area contributed by atoms with Gasteiger partial charge in [-0.05, 0) is 44.0 Å². The number of aliphatic hydroxyl groups is 1. The van der Waals surface area contributed by atoms with Crippen LogP contribution in [0.1, 0.15) is 39.8 Å². The first-order valence-corrected chi connectivity index (χ1v) is 8.99. The number of fused-ring (bicyclic) bond motifs is 1. The minimum Gasteiger partial charge on any atom is -0.391 e. The van der Waals surface area contributed by atoms with Crippen LogP contribution in [0.15, 0.2) is 36.4 Å². The number of nitrogens with zero attached hydrogens (tertiary/aromatic N) is 4. The van der Waals surface area contributed by atoms with Gasteiger partial charge in [0, 0.05) is 36.5 Å². The summed E-state index contributed by atoms with van der Waals surface area (Å²) in [6, 6.07) is 9.77. The summed E-state index contributed by atoms with van der Waals surface area (Å²) in [6.45, 7) is 4.55. The molecule has 4 rings (SSSR count). The molecule has 0 bridgehead atoms. The highest BCUT2D eigenvalue weighted by Gasteiger charge is 2.32. The number of carbonyl (C=O) groups excluding carboxylic acids is 1. The molecule has 0 aliphatic carbocycles. The standard InChI is InChI=1S/C20H21FN4O2/c1-12-9-13(2)25-19(22-12)10-17(23-25)20(27)24-8-7-16(18(26)11-24)14-3-5-15(21)6-4-14/h3-6,9-10,16,18,26H,7-8,11H2,1-2H3. The van der Waals surface area contributed by atoms with Gasteiger partial charge in [0.25, 0.3) is 5.91 Å². The van der Waals surface area contributed by atoms with Crippen molar-refractivity contribution in [2.75, 3.05) is 13.1 Å². The Morgan fingerprint density at radius 2 is 1.96 bits per heavy atom. The lowest BCUT2D eigenvalue weighted by Gasteiger charge is -2.35. The van der Waals surface area contributed by atoms with Gasteiger partial charge in [-0.25, -0.2) is 13.9 Å². The Bertz CT molecular complexity index is 999. The smallest absolute Gasteiger partial charge is 0.274 e. The quantitative estimate of drug-likeness (QED) is 0.754. The van der Waals surface area contributed by atoms with Gasteiger partial charge in [-0.3, -0.25) is 4.79 Å². The van der Waals surface area contributed by atoms with Crippen molar-refractivity contribution >= 4 is 11.6 Å². The van der Waals surface area contributed by atoms with Gasteiger partial charge in [0.2, 0.25) is 0 Å². The van der Waals surface area contributed by atoms with Crippen LogP contribution in [0.5, 0.6) is 0 Å². The Balaban J connectivity index is 1.52. The molecule has 1 fully saturated rings. The average molecular weight is 368 g/mol. The predicted molar refractivity (Wildman–Crippen MR) is 98.1 cm³/mol. The number of hydrogen-bond donors (Lipinski definition) is 1. The summed E-state index contributed by atoms with van der Waals surface area (Å²) in [6.07, 6.45) is -0.0882. The zero-order valence-electron chi connectivity index (χ0n) is 15.3. The molecule has 3 heterocycles. The van der Waals surface area contributed by atoms with Crippen LogP contribution in [-0.2, 0) is 0 Å². The second-order valence-corrected chi connectivity index (χ2v) is 7.10. The van der Waals surface area contributed by atoms with Crippen molar-refractivity contribution in [3.8, 4) is 0 Å². The number of aromatic nitrogens is 3. The third-order valence-corrected chi connectivity index (χ3v) is 5.12. The lowest BCUT2D eigenvalue weighted by atomic mass is 9.87. The van der Waals surface area contributed by atoms with Crippen LogP contribution in [0.3, 0.4) is 0 Å². The van der Waals surface area contributed by atoms with Crippen LogP contribution < -0.4 is 0 Å². The second-order valence-electron chi connectivity index (χ2n) is 7.10.